The van der Waals surface area contributed by atoms with Gasteiger partial charge >= 0.3 is 11.7 Å². The summed E-state index contributed by atoms with van der Waals surface area (Å²) < 4.78 is 4.24. The molecule has 1 atom stereocenters. The predicted molar refractivity (Wildman–Crippen MR) is 123 cm³/mol. The van der Waals surface area contributed by atoms with Gasteiger partial charge in [-0.05, 0) is 18.1 Å². The molecule has 0 amide bonds. The third-order valence-corrected chi connectivity index (χ3v) is 6.27. The molecular weight excluding hydrogens is 428 g/mol. The van der Waals surface area contributed by atoms with E-state index in [1.54, 1.807) is 18.5 Å². The molecule has 0 aliphatic heterocycles. The molecule has 0 saturated carbocycles. The van der Waals surface area contributed by atoms with E-state index >= 15 is 0 Å². The number of fused-ring (bicyclic) bond motifs is 1. The van der Waals surface area contributed by atoms with Crippen molar-refractivity contribution in [3.8, 4) is 0 Å². The maximum Gasteiger partial charge on any atom is 0.332 e. The number of nitrogens with zero attached hydrogens (tertiary/aromatic N) is 4. The number of carboxylic acids is 1. The van der Waals surface area contributed by atoms with Crippen LogP contribution in [-0.2, 0) is 24.9 Å². The van der Waals surface area contributed by atoms with Crippen molar-refractivity contribution < 1.29 is 9.90 Å². The Morgan fingerprint density at radius 3 is 2.03 bits per heavy atom. The Kier molecular flexibility index (Phi) is 6.00. The molecule has 0 unspecified atom stereocenters. The van der Waals surface area contributed by atoms with Crippen molar-refractivity contribution in [3.63, 3.8) is 0 Å². The number of hydrogen-bond donors (Lipinski definition) is 1. The van der Waals surface area contributed by atoms with Crippen LogP contribution in [-0.4, -0.2) is 35.0 Å². The number of aryl methyl sites for hydroxylation is 1. The second-order valence-electron chi connectivity index (χ2n) is 7.46. The van der Waals surface area contributed by atoms with E-state index in [-0.39, 0.29) is 17.7 Å². The molecule has 4 aromatic rings. The zero-order chi connectivity index (χ0) is 22.8. The van der Waals surface area contributed by atoms with Gasteiger partial charge in [-0.25, -0.2) is 9.78 Å². The summed E-state index contributed by atoms with van der Waals surface area (Å²) in [5.74, 6) is -0.983. The molecule has 2 aromatic heterocycles. The summed E-state index contributed by atoms with van der Waals surface area (Å²) in [6.07, 6.45) is 0. The van der Waals surface area contributed by atoms with Crippen LogP contribution in [0.4, 0.5) is 0 Å². The van der Waals surface area contributed by atoms with Gasteiger partial charge in [0.25, 0.3) is 5.56 Å². The van der Waals surface area contributed by atoms with Crippen molar-refractivity contribution in [1.82, 2.24) is 18.7 Å². The topological polar surface area (TPSA) is 99.1 Å². The Bertz CT molecular complexity index is 1390. The Balaban J connectivity index is 1.94. The number of hydrogen-bond acceptors (Lipinski definition) is 5. The van der Waals surface area contributed by atoms with Gasteiger partial charge in [-0.2, -0.15) is 0 Å². The van der Waals surface area contributed by atoms with Gasteiger partial charge in [-0.1, -0.05) is 72.4 Å². The monoisotopic (exact) mass is 450 g/mol. The summed E-state index contributed by atoms with van der Waals surface area (Å²) in [6.45, 7) is 2.02. The number of benzene rings is 2. The quantitative estimate of drug-likeness (QED) is 0.435. The van der Waals surface area contributed by atoms with Crippen LogP contribution in [0.1, 0.15) is 18.1 Å². The van der Waals surface area contributed by atoms with E-state index < -0.39 is 22.5 Å². The highest BCUT2D eigenvalue weighted by atomic mass is 32.2. The molecule has 32 heavy (non-hydrogen) atoms. The standard InChI is InChI=1S/C23H22N4O4S/c1-15(21(29)30)32-22-24-19-18(26(22)13-16-9-5-3-6-10-16)20(28)27(23(31)25(19)2)14-17-11-7-4-8-12-17/h3-12,15H,13-14H2,1-2H3,(H,29,30)/t15-/m1/s1. The lowest BCUT2D eigenvalue weighted by Gasteiger charge is -2.12. The number of rotatable bonds is 7. The summed E-state index contributed by atoms with van der Waals surface area (Å²) in [6, 6.07) is 18.8. The van der Waals surface area contributed by atoms with E-state index in [0.717, 1.165) is 22.9 Å². The van der Waals surface area contributed by atoms with E-state index in [1.807, 2.05) is 60.7 Å². The summed E-state index contributed by atoms with van der Waals surface area (Å²) in [4.78, 5) is 42.5. The maximum absolute atomic E-state index is 13.5. The first-order valence-electron chi connectivity index (χ1n) is 10.0. The fourth-order valence-electron chi connectivity index (χ4n) is 3.47. The number of carboxylic acid groups (broad SMARTS) is 1. The number of thioether (sulfide) groups is 1. The zero-order valence-electron chi connectivity index (χ0n) is 17.6. The van der Waals surface area contributed by atoms with E-state index in [2.05, 4.69) is 4.98 Å². The molecule has 9 heteroatoms. The molecule has 0 spiro atoms. The number of aromatic nitrogens is 4. The molecular formula is C23H22N4O4S. The minimum Gasteiger partial charge on any atom is -0.480 e. The van der Waals surface area contributed by atoms with Crippen LogP contribution in [0.2, 0.25) is 0 Å². The van der Waals surface area contributed by atoms with Gasteiger partial charge in [0.05, 0.1) is 13.1 Å². The molecule has 1 N–H and O–H groups in total. The first-order chi connectivity index (χ1) is 15.4. The number of carbonyl (C=O) groups is 1. The molecule has 0 aliphatic rings. The van der Waals surface area contributed by atoms with E-state index in [9.17, 15) is 19.5 Å². The van der Waals surface area contributed by atoms with Crippen LogP contribution in [0, 0.1) is 0 Å². The third-order valence-electron chi connectivity index (χ3n) is 5.19. The van der Waals surface area contributed by atoms with Crippen molar-refractivity contribution in [2.24, 2.45) is 7.05 Å². The first-order valence-corrected chi connectivity index (χ1v) is 10.9. The van der Waals surface area contributed by atoms with Crippen LogP contribution in [0.5, 0.6) is 0 Å². The van der Waals surface area contributed by atoms with Gasteiger partial charge in [-0.3, -0.25) is 18.7 Å². The van der Waals surface area contributed by atoms with Gasteiger partial charge in [0.1, 0.15) is 5.25 Å². The highest BCUT2D eigenvalue weighted by molar-refractivity contribution is 8.00. The third kappa shape index (κ3) is 4.11. The molecule has 2 aromatic carbocycles. The van der Waals surface area contributed by atoms with Crippen LogP contribution >= 0.6 is 11.8 Å². The van der Waals surface area contributed by atoms with Crippen LogP contribution in [0.3, 0.4) is 0 Å². The molecule has 4 rings (SSSR count). The SMILES string of the molecule is C[C@@H](Sc1nc2c(c(=O)n(Cc3ccccc3)c(=O)n2C)n1Cc1ccccc1)C(=O)O. The molecule has 0 bridgehead atoms. The Labute approximate surface area is 187 Å². The molecule has 2 heterocycles. The molecule has 164 valence electrons. The largest absolute Gasteiger partial charge is 0.480 e. The second-order valence-corrected chi connectivity index (χ2v) is 8.76. The lowest BCUT2D eigenvalue weighted by atomic mass is 10.2. The number of aliphatic carboxylic acids is 1. The van der Waals surface area contributed by atoms with Crippen LogP contribution in [0.25, 0.3) is 11.2 Å². The first kappa shape index (κ1) is 21.6. The van der Waals surface area contributed by atoms with Crippen molar-refractivity contribution in [2.75, 3.05) is 0 Å². The van der Waals surface area contributed by atoms with E-state index in [1.165, 1.54) is 9.13 Å². The predicted octanol–water partition coefficient (Wildman–Crippen LogP) is 2.56. The maximum atomic E-state index is 13.5. The van der Waals surface area contributed by atoms with E-state index in [4.69, 9.17) is 0 Å². The minimum absolute atomic E-state index is 0.132. The van der Waals surface area contributed by atoms with Crippen molar-refractivity contribution >= 4 is 28.9 Å². The average molecular weight is 451 g/mol. The minimum atomic E-state index is -0.983. The van der Waals surface area contributed by atoms with E-state index in [0.29, 0.717) is 11.7 Å². The zero-order valence-corrected chi connectivity index (χ0v) is 18.5. The lowest BCUT2D eigenvalue weighted by molar-refractivity contribution is -0.136. The molecule has 0 fully saturated rings. The van der Waals surface area contributed by atoms with Crippen molar-refractivity contribution in [2.45, 2.75) is 30.4 Å². The molecule has 8 nitrogen and oxygen atoms in total. The van der Waals surface area contributed by atoms with Crippen LogP contribution < -0.4 is 11.2 Å². The van der Waals surface area contributed by atoms with Gasteiger partial charge in [0.2, 0.25) is 0 Å². The molecule has 0 aliphatic carbocycles. The van der Waals surface area contributed by atoms with Gasteiger partial charge in [-0.15, -0.1) is 0 Å². The number of imidazole rings is 1. The smallest absolute Gasteiger partial charge is 0.332 e. The normalized spacial score (nSPS) is 12.2. The molecule has 0 radical (unpaired) electrons. The fraction of sp³-hybridized carbons (Fsp3) is 0.217. The summed E-state index contributed by atoms with van der Waals surface area (Å²) >= 11 is 1.05. The Morgan fingerprint density at radius 1 is 0.969 bits per heavy atom. The Hall–Kier alpha value is -3.59. The van der Waals surface area contributed by atoms with Crippen molar-refractivity contribution in [1.29, 1.82) is 0 Å². The summed E-state index contributed by atoms with van der Waals surface area (Å²) in [5, 5.41) is 8.99. The molecule has 0 saturated heterocycles. The summed E-state index contributed by atoms with van der Waals surface area (Å²) in [7, 11) is 1.57. The van der Waals surface area contributed by atoms with Gasteiger partial charge < -0.3 is 9.67 Å². The fourth-order valence-corrected chi connectivity index (χ4v) is 4.31. The lowest BCUT2D eigenvalue weighted by Crippen LogP contribution is -2.40. The van der Waals surface area contributed by atoms with Crippen LogP contribution in [0.15, 0.2) is 75.4 Å². The average Bonchev–Trinajstić information content (AvgIpc) is 3.14. The summed E-state index contributed by atoms with van der Waals surface area (Å²) in [5.41, 5.74) is 1.34. The van der Waals surface area contributed by atoms with Gasteiger partial charge in [0.15, 0.2) is 16.3 Å². The van der Waals surface area contributed by atoms with Crippen molar-refractivity contribution in [3.05, 3.63) is 92.6 Å². The highest BCUT2D eigenvalue weighted by Gasteiger charge is 2.24. The highest BCUT2D eigenvalue weighted by Crippen LogP contribution is 2.26. The van der Waals surface area contributed by atoms with Gasteiger partial charge in [0, 0.05) is 7.05 Å². The Morgan fingerprint density at radius 2 is 1.50 bits per heavy atom. The second kappa shape index (κ2) is 8.88.